The number of aromatic nitrogens is 1. The summed E-state index contributed by atoms with van der Waals surface area (Å²) < 4.78 is 35.8. The molecule has 0 aliphatic carbocycles. The van der Waals surface area contributed by atoms with E-state index in [2.05, 4.69) is 5.32 Å². The number of hydrogen-bond donors (Lipinski definition) is 1. The van der Waals surface area contributed by atoms with Crippen LogP contribution in [0.3, 0.4) is 0 Å². The van der Waals surface area contributed by atoms with Crippen molar-refractivity contribution in [1.82, 2.24) is 9.47 Å². The van der Waals surface area contributed by atoms with Gasteiger partial charge >= 0.3 is 6.03 Å². The Kier molecular flexibility index (Phi) is 5.30. The Morgan fingerprint density at radius 3 is 2.48 bits per heavy atom. The molecule has 1 unspecified atom stereocenters. The number of methoxy groups -OCH3 is 1. The van der Waals surface area contributed by atoms with E-state index in [0.29, 0.717) is 17.0 Å². The zero-order valence-corrected chi connectivity index (χ0v) is 17.8. The molecule has 1 aliphatic heterocycles. The summed E-state index contributed by atoms with van der Waals surface area (Å²) in [7, 11) is 1.53. The normalized spacial score (nSPS) is 14.8. The van der Waals surface area contributed by atoms with E-state index in [1.807, 2.05) is 53.2 Å². The van der Waals surface area contributed by atoms with E-state index in [-0.39, 0.29) is 6.54 Å². The monoisotopic (exact) mass is 445 g/mol. The van der Waals surface area contributed by atoms with E-state index in [0.717, 1.165) is 23.0 Å². The van der Waals surface area contributed by atoms with Crippen molar-refractivity contribution < 1.29 is 18.3 Å². The van der Waals surface area contributed by atoms with E-state index in [1.165, 1.54) is 19.2 Å². The SMILES string of the molecule is COc1ccccc1NC(=O)N1Cc2ccccc2-n2cccc2C1c1cc(F)cc(F)c1. The van der Waals surface area contributed by atoms with Gasteiger partial charge < -0.3 is 19.5 Å². The molecule has 1 aromatic heterocycles. The fourth-order valence-corrected chi connectivity index (χ4v) is 4.36. The molecule has 0 saturated carbocycles. The van der Waals surface area contributed by atoms with Crippen LogP contribution in [0, 0.1) is 11.6 Å². The van der Waals surface area contributed by atoms with Gasteiger partial charge in [0.15, 0.2) is 0 Å². The molecule has 0 radical (unpaired) electrons. The van der Waals surface area contributed by atoms with Gasteiger partial charge in [-0.05, 0) is 53.6 Å². The number of anilines is 1. The molecule has 0 fully saturated rings. The Balaban J connectivity index is 1.66. The van der Waals surface area contributed by atoms with Crippen molar-refractivity contribution in [3.63, 3.8) is 0 Å². The fraction of sp³-hybridized carbons (Fsp3) is 0.115. The average molecular weight is 445 g/mol. The molecule has 7 heteroatoms. The first-order valence-corrected chi connectivity index (χ1v) is 10.5. The molecule has 33 heavy (non-hydrogen) atoms. The number of para-hydroxylation sites is 3. The van der Waals surface area contributed by atoms with Gasteiger partial charge in [-0.3, -0.25) is 0 Å². The maximum atomic E-state index is 14.2. The molecular weight excluding hydrogens is 424 g/mol. The van der Waals surface area contributed by atoms with Crippen molar-refractivity contribution in [2.24, 2.45) is 0 Å². The van der Waals surface area contributed by atoms with Gasteiger partial charge in [0.2, 0.25) is 0 Å². The molecule has 2 heterocycles. The Labute approximate surface area is 189 Å². The number of rotatable bonds is 3. The maximum absolute atomic E-state index is 14.2. The number of nitrogens with zero attached hydrogens (tertiary/aromatic N) is 2. The minimum atomic E-state index is -0.729. The van der Waals surface area contributed by atoms with E-state index >= 15 is 0 Å². The van der Waals surface area contributed by atoms with Crippen molar-refractivity contribution in [1.29, 1.82) is 0 Å². The predicted molar refractivity (Wildman–Crippen MR) is 122 cm³/mol. The van der Waals surface area contributed by atoms with Gasteiger partial charge in [0.25, 0.3) is 0 Å². The zero-order valence-electron chi connectivity index (χ0n) is 17.8. The number of carbonyl (C=O) groups excluding carboxylic acids is 1. The fourth-order valence-electron chi connectivity index (χ4n) is 4.36. The largest absolute Gasteiger partial charge is 0.495 e. The molecule has 1 atom stereocenters. The molecule has 1 N–H and O–H groups in total. The summed E-state index contributed by atoms with van der Waals surface area (Å²) in [5.74, 6) is -0.886. The molecule has 0 spiro atoms. The summed E-state index contributed by atoms with van der Waals surface area (Å²) in [6, 6.07) is 20.7. The second-order valence-corrected chi connectivity index (χ2v) is 7.80. The standard InChI is InChI=1S/C26H21F2N3O2/c1-33-24-11-5-3-8-21(24)29-26(32)31-16-17-7-2-4-9-22(17)30-12-6-10-23(30)25(31)18-13-19(27)15-20(28)14-18/h2-15,25H,16H2,1H3,(H,29,32). The summed E-state index contributed by atoms with van der Waals surface area (Å²) in [6.07, 6.45) is 1.89. The highest BCUT2D eigenvalue weighted by atomic mass is 19.1. The van der Waals surface area contributed by atoms with E-state index in [1.54, 1.807) is 23.1 Å². The number of fused-ring (bicyclic) bond motifs is 3. The smallest absolute Gasteiger partial charge is 0.323 e. The molecule has 166 valence electrons. The third-order valence-corrected chi connectivity index (χ3v) is 5.77. The van der Waals surface area contributed by atoms with Crippen LogP contribution in [-0.4, -0.2) is 22.6 Å². The second kappa shape index (κ2) is 8.43. The highest BCUT2D eigenvalue weighted by Crippen LogP contribution is 2.37. The number of urea groups is 1. The van der Waals surface area contributed by atoms with Crippen LogP contribution in [0.1, 0.15) is 22.9 Å². The lowest BCUT2D eigenvalue weighted by Gasteiger charge is -2.31. The number of halogens is 2. The van der Waals surface area contributed by atoms with Crippen LogP contribution in [0.2, 0.25) is 0 Å². The molecule has 4 aromatic rings. The van der Waals surface area contributed by atoms with Crippen molar-refractivity contribution in [3.05, 3.63) is 114 Å². The Bertz CT molecular complexity index is 1310. The van der Waals surface area contributed by atoms with Crippen molar-refractivity contribution in [2.75, 3.05) is 12.4 Å². The summed E-state index contributed by atoms with van der Waals surface area (Å²) >= 11 is 0. The first kappa shape index (κ1) is 20.8. The van der Waals surface area contributed by atoms with Gasteiger partial charge in [-0.1, -0.05) is 30.3 Å². The molecule has 0 bridgehead atoms. The number of amides is 2. The molecule has 0 saturated heterocycles. The van der Waals surface area contributed by atoms with E-state index < -0.39 is 23.7 Å². The minimum absolute atomic E-state index is 0.238. The predicted octanol–water partition coefficient (Wildman–Crippen LogP) is 5.90. The average Bonchev–Trinajstić information content (AvgIpc) is 3.22. The first-order chi connectivity index (χ1) is 16.0. The van der Waals surface area contributed by atoms with Gasteiger partial charge in [0, 0.05) is 18.0 Å². The maximum Gasteiger partial charge on any atom is 0.323 e. The molecule has 5 nitrogen and oxygen atoms in total. The lowest BCUT2D eigenvalue weighted by Crippen LogP contribution is -2.38. The Morgan fingerprint density at radius 1 is 0.970 bits per heavy atom. The highest BCUT2D eigenvalue weighted by molar-refractivity contribution is 5.91. The molecule has 2 amide bonds. The third-order valence-electron chi connectivity index (χ3n) is 5.77. The van der Waals surface area contributed by atoms with Crippen LogP contribution in [0.15, 0.2) is 85.1 Å². The number of carbonyl (C=O) groups is 1. The minimum Gasteiger partial charge on any atom is -0.495 e. The molecule has 3 aromatic carbocycles. The van der Waals surface area contributed by atoms with Crippen LogP contribution in [0.4, 0.5) is 19.3 Å². The number of hydrogen-bond acceptors (Lipinski definition) is 2. The van der Waals surface area contributed by atoms with Crippen LogP contribution in [-0.2, 0) is 6.54 Å². The van der Waals surface area contributed by atoms with Crippen molar-refractivity contribution in [2.45, 2.75) is 12.6 Å². The van der Waals surface area contributed by atoms with Crippen molar-refractivity contribution in [3.8, 4) is 11.4 Å². The van der Waals surface area contributed by atoms with E-state index in [4.69, 9.17) is 4.74 Å². The number of ether oxygens (including phenoxy) is 1. The Morgan fingerprint density at radius 2 is 1.70 bits per heavy atom. The van der Waals surface area contributed by atoms with Gasteiger partial charge in [0.1, 0.15) is 17.4 Å². The summed E-state index contributed by atoms with van der Waals surface area (Å²) in [5.41, 5.74) is 3.38. The summed E-state index contributed by atoms with van der Waals surface area (Å²) in [6.45, 7) is 0.238. The quantitative estimate of drug-likeness (QED) is 0.427. The third kappa shape index (κ3) is 3.82. The first-order valence-electron chi connectivity index (χ1n) is 10.5. The topological polar surface area (TPSA) is 46.5 Å². The van der Waals surface area contributed by atoms with Crippen LogP contribution >= 0.6 is 0 Å². The second-order valence-electron chi connectivity index (χ2n) is 7.80. The molecule has 1 aliphatic rings. The summed E-state index contributed by atoms with van der Waals surface area (Å²) in [4.78, 5) is 15.2. The van der Waals surface area contributed by atoms with Crippen LogP contribution in [0.25, 0.3) is 5.69 Å². The van der Waals surface area contributed by atoms with Gasteiger partial charge in [-0.2, -0.15) is 0 Å². The lowest BCUT2D eigenvalue weighted by molar-refractivity contribution is 0.194. The lowest BCUT2D eigenvalue weighted by atomic mass is 10.0. The molecule has 5 rings (SSSR count). The Hall–Kier alpha value is -4.13. The summed E-state index contributed by atoms with van der Waals surface area (Å²) in [5, 5.41) is 2.91. The van der Waals surface area contributed by atoms with Gasteiger partial charge in [-0.15, -0.1) is 0 Å². The van der Waals surface area contributed by atoms with Gasteiger partial charge in [0.05, 0.1) is 31.1 Å². The van der Waals surface area contributed by atoms with Gasteiger partial charge in [-0.25, -0.2) is 13.6 Å². The van der Waals surface area contributed by atoms with Crippen LogP contribution < -0.4 is 10.1 Å². The zero-order chi connectivity index (χ0) is 22.9. The number of benzene rings is 3. The van der Waals surface area contributed by atoms with E-state index in [9.17, 15) is 13.6 Å². The molecular formula is C26H21F2N3O2. The van der Waals surface area contributed by atoms with Crippen molar-refractivity contribution >= 4 is 11.7 Å². The number of nitrogens with one attached hydrogen (secondary N) is 1. The highest BCUT2D eigenvalue weighted by Gasteiger charge is 2.33. The van der Waals surface area contributed by atoms with Crippen LogP contribution in [0.5, 0.6) is 5.75 Å².